The summed E-state index contributed by atoms with van der Waals surface area (Å²) in [5.74, 6) is 2.60. The van der Waals surface area contributed by atoms with Crippen molar-refractivity contribution in [3.63, 3.8) is 0 Å². The molecular formula is C36H39N3O2. The predicted molar refractivity (Wildman–Crippen MR) is 169 cm³/mol. The smallest absolute Gasteiger partial charge is 0.140 e. The van der Waals surface area contributed by atoms with E-state index in [2.05, 4.69) is 108 Å². The van der Waals surface area contributed by atoms with E-state index >= 15 is 0 Å². The quantitative estimate of drug-likeness (QED) is 0.149. The molecule has 5 nitrogen and oxygen atoms in total. The van der Waals surface area contributed by atoms with Gasteiger partial charge in [0.05, 0.1) is 26.1 Å². The molecular weight excluding hydrogens is 506 g/mol. The van der Waals surface area contributed by atoms with Crippen molar-refractivity contribution in [2.45, 2.75) is 39.4 Å². The van der Waals surface area contributed by atoms with Crippen LogP contribution in [-0.2, 0) is 19.6 Å². The van der Waals surface area contributed by atoms with E-state index in [4.69, 9.17) is 14.5 Å². The molecule has 0 saturated heterocycles. The van der Waals surface area contributed by atoms with E-state index in [-0.39, 0.29) is 0 Å². The van der Waals surface area contributed by atoms with Crippen molar-refractivity contribution in [2.24, 2.45) is 0 Å². The maximum atomic E-state index is 5.47. The Morgan fingerprint density at radius 2 is 1.56 bits per heavy atom. The molecule has 0 radical (unpaired) electrons. The molecule has 1 aromatic heterocycles. The van der Waals surface area contributed by atoms with Crippen LogP contribution in [0.1, 0.15) is 36.6 Å². The maximum Gasteiger partial charge on any atom is 0.140 e. The number of nitrogens with zero attached hydrogens (tertiary/aromatic N) is 3. The molecule has 0 saturated carbocycles. The van der Waals surface area contributed by atoms with Gasteiger partial charge in [0.15, 0.2) is 0 Å². The summed E-state index contributed by atoms with van der Waals surface area (Å²) in [5, 5.41) is 2.56. The number of ether oxygens (including phenoxy) is 2. The Morgan fingerprint density at radius 3 is 2.32 bits per heavy atom. The highest BCUT2D eigenvalue weighted by Gasteiger charge is 2.16. The SMILES string of the molecule is CCCCn1c(CN(C/C=C\c2cc(OC)cc(OC)c2)Cc2cccc3ccccc23)cnc1-c1ccccc1. The van der Waals surface area contributed by atoms with Crippen molar-refractivity contribution in [1.82, 2.24) is 14.5 Å². The average molecular weight is 546 g/mol. The van der Waals surface area contributed by atoms with Crippen LogP contribution in [0.5, 0.6) is 11.5 Å². The maximum absolute atomic E-state index is 5.47. The van der Waals surface area contributed by atoms with E-state index in [1.807, 2.05) is 18.2 Å². The molecule has 0 aliphatic rings. The van der Waals surface area contributed by atoms with Gasteiger partial charge in [0.2, 0.25) is 0 Å². The molecule has 0 N–H and O–H groups in total. The summed E-state index contributed by atoms with van der Waals surface area (Å²) in [6.07, 6.45) is 8.68. The molecule has 41 heavy (non-hydrogen) atoms. The standard InChI is InChI=1S/C36H39N3O2/c1-4-5-21-39-32(25-37-36(39)30-15-7-6-8-16-30)27-38(26-31-18-11-17-29-14-9-10-19-35(29)31)20-12-13-28-22-33(40-2)24-34(23-28)41-3/h6-19,22-25H,4-5,20-21,26-27H2,1-3H3/b13-12-. The Balaban J connectivity index is 1.46. The monoisotopic (exact) mass is 545 g/mol. The lowest BCUT2D eigenvalue weighted by Gasteiger charge is -2.23. The van der Waals surface area contributed by atoms with Gasteiger partial charge in [0.25, 0.3) is 0 Å². The molecule has 0 aliphatic carbocycles. The van der Waals surface area contributed by atoms with Crippen molar-refractivity contribution in [1.29, 1.82) is 0 Å². The highest BCUT2D eigenvalue weighted by atomic mass is 16.5. The number of rotatable bonds is 13. The minimum absolute atomic E-state index is 0.780. The van der Waals surface area contributed by atoms with Crippen LogP contribution in [0.15, 0.2) is 103 Å². The summed E-state index contributed by atoms with van der Waals surface area (Å²) in [6, 6.07) is 31.7. The number of fused-ring (bicyclic) bond motifs is 1. The van der Waals surface area contributed by atoms with E-state index in [9.17, 15) is 0 Å². The van der Waals surface area contributed by atoms with E-state index in [0.29, 0.717) is 0 Å². The fourth-order valence-electron chi connectivity index (χ4n) is 5.27. The molecule has 0 unspecified atom stereocenters. The Bertz CT molecular complexity index is 1560. The Kier molecular flexibility index (Phi) is 9.50. The largest absolute Gasteiger partial charge is 0.497 e. The summed E-state index contributed by atoms with van der Waals surface area (Å²) >= 11 is 0. The molecule has 1 heterocycles. The van der Waals surface area contributed by atoms with Gasteiger partial charge < -0.3 is 14.0 Å². The number of hydrogen-bond donors (Lipinski definition) is 0. The van der Waals surface area contributed by atoms with Crippen LogP contribution in [0, 0.1) is 0 Å². The minimum Gasteiger partial charge on any atom is -0.497 e. The molecule has 4 aromatic carbocycles. The summed E-state index contributed by atoms with van der Waals surface area (Å²) in [5.41, 5.74) is 4.75. The topological polar surface area (TPSA) is 39.5 Å². The van der Waals surface area contributed by atoms with Crippen molar-refractivity contribution in [3.8, 4) is 22.9 Å². The second kappa shape index (κ2) is 13.8. The van der Waals surface area contributed by atoms with Crippen LogP contribution in [0.2, 0.25) is 0 Å². The van der Waals surface area contributed by atoms with Gasteiger partial charge in [-0.25, -0.2) is 4.98 Å². The third-order valence-corrected chi connectivity index (χ3v) is 7.41. The van der Waals surface area contributed by atoms with Gasteiger partial charge >= 0.3 is 0 Å². The lowest BCUT2D eigenvalue weighted by atomic mass is 10.0. The first-order valence-electron chi connectivity index (χ1n) is 14.4. The van der Waals surface area contributed by atoms with Gasteiger partial charge in [-0.1, -0.05) is 98.3 Å². The van der Waals surface area contributed by atoms with Crippen LogP contribution >= 0.6 is 0 Å². The first-order valence-corrected chi connectivity index (χ1v) is 14.4. The summed E-state index contributed by atoms with van der Waals surface area (Å²) < 4.78 is 13.4. The highest BCUT2D eigenvalue weighted by molar-refractivity contribution is 5.85. The second-order valence-electron chi connectivity index (χ2n) is 10.3. The summed E-state index contributed by atoms with van der Waals surface area (Å²) in [4.78, 5) is 7.40. The molecule has 0 aliphatic heterocycles. The number of benzene rings is 4. The lowest BCUT2D eigenvalue weighted by molar-refractivity contribution is 0.279. The van der Waals surface area contributed by atoms with E-state index in [0.717, 1.165) is 67.5 Å². The van der Waals surface area contributed by atoms with Crippen molar-refractivity contribution in [2.75, 3.05) is 20.8 Å². The highest BCUT2D eigenvalue weighted by Crippen LogP contribution is 2.26. The Labute approximate surface area is 243 Å². The van der Waals surface area contributed by atoms with Gasteiger partial charge in [0.1, 0.15) is 17.3 Å². The van der Waals surface area contributed by atoms with Gasteiger partial charge in [-0.3, -0.25) is 4.90 Å². The molecule has 5 aromatic rings. The summed E-state index contributed by atoms with van der Waals surface area (Å²) in [7, 11) is 3.36. The first-order chi connectivity index (χ1) is 20.2. The lowest BCUT2D eigenvalue weighted by Crippen LogP contribution is -2.25. The molecule has 210 valence electrons. The number of imidazole rings is 1. The summed E-state index contributed by atoms with van der Waals surface area (Å²) in [6.45, 7) is 5.59. The molecule has 0 bridgehead atoms. The number of hydrogen-bond acceptors (Lipinski definition) is 4. The number of methoxy groups -OCH3 is 2. The predicted octanol–water partition coefficient (Wildman–Crippen LogP) is 8.24. The molecule has 0 spiro atoms. The fraction of sp³-hybridized carbons (Fsp3) is 0.250. The third-order valence-electron chi connectivity index (χ3n) is 7.41. The van der Waals surface area contributed by atoms with Crippen LogP contribution in [0.3, 0.4) is 0 Å². The fourth-order valence-corrected chi connectivity index (χ4v) is 5.27. The Hall–Kier alpha value is -4.35. The van der Waals surface area contributed by atoms with Crippen LogP contribution < -0.4 is 9.47 Å². The normalized spacial score (nSPS) is 11.5. The Morgan fingerprint density at radius 1 is 0.829 bits per heavy atom. The molecule has 0 atom stereocenters. The first kappa shape index (κ1) is 28.2. The van der Waals surface area contributed by atoms with Crippen molar-refractivity contribution in [3.05, 3.63) is 120 Å². The molecule has 0 amide bonds. The van der Waals surface area contributed by atoms with E-state index in [1.54, 1.807) is 14.2 Å². The van der Waals surface area contributed by atoms with Crippen LogP contribution in [0.25, 0.3) is 28.2 Å². The number of aromatic nitrogens is 2. The minimum atomic E-state index is 0.780. The number of unbranched alkanes of at least 4 members (excludes halogenated alkanes) is 1. The zero-order valence-corrected chi connectivity index (χ0v) is 24.3. The van der Waals surface area contributed by atoms with Gasteiger partial charge in [-0.15, -0.1) is 0 Å². The van der Waals surface area contributed by atoms with E-state index < -0.39 is 0 Å². The third kappa shape index (κ3) is 7.05. The van der Waals surface area contributed by atoms with E-state index in [1.165, 1.54) is 22.0 Å². The zero-order chi connectivity index (χ0) is 28.4. The molecule has 0 fully saturated rings. The van der Waals surface area contributed by atoms with Crippen LogP contribution in [0.4, 0.5) is 0 Å². The van der Waals surface area contributed by atoms with Crippen molar-refractivity contribution < 1.29 is 9.47 Å². The van der Waals surface area contributed by atoms with Crippen LogP contribution in [-0.4, -0.2) is 35.2 Å². The van der Waals surface area contributed by atoms with Crippen molar-refractivity contribution >= 4 is 16.8 Å². The molecule has 5 rings (SSSR count). The zero-order valence-electron chi connectivity index (χ0n) is 24.3. The van der Waals surface area contributed by atoms with Gasteiger partial charge in [0, 0.05) is 37.8 Å². The van der Waals surface area contributed by atoms with Gasteiger partial charge in [-0.2, -0.15) is 0 Å². The van der Waals surface area contributed by atoms with Gasteiger partial charge in [-0.05, 0) is 40.5 Å². The average Bonchev–Trinajstić information content (AvgIpc) is 3.42. The molecule has 5 heteroatoms. The second-order valence-corrected chi connectivity index (χ2v) is 10.3.